The molecule has 0 aromatic heterocycles. The Labute approximate surface area is 131 Å². The Bertz CT molecular complexity index is 494. The highest BCUT2D eigenvalue weighted by molar-refractivity contribution is 5.83. The van der Waals surface area contributed by atoms with Crippen LogP contribution in [0.3, 0.4) is 0 Å². The summed E-state index contributed by atoms with van der Waals surface area (Å²) in [6.07, 6.45) is 8.61. The molecule has 0 radical (unpaired) electrons. The van der Waals surface area contributed by atoms with Crippen molar-refractivity contribution in [1.29, 1.82) is 0 Å². The van der Waals surface area contributed by atoms with Crippen molar-refractivity contribution in [3.8, 4) is 5.75 Å². The number of para-hydroxylation sites is 1. The lowest BCUT2D eigenvalue weighted by molar-refractivity contribution is -0.126. The quantitative estimate of drug-likeness (QED) is 0.499. The van der Waals surface area contributed by atoms with Gasteiger partial charge < -0.3 is 14.9 Å². The Morgan fingerprint density at radius 2 is 2.00 bits per heavy atom. The molecule has 0 heterocycles. The first kappa shape index (κ1) is 16.3. The molecular formula is C17H24N2O3. The minimum atomic E-state index is -0.107. The summed E-state index contributed by atoms with van der Waals surface area (Å²) in [5.41, 5.74) is 0.814. The van der Waals surface area contributed by atoms with E-state index in [1.807, 2.05) is 24.3 Å². The molecule has 1 N–H and O–H groups in total. The monoisotopic (exact) mass is 304 g/mol. The Morgan fingerprint density at radius 3 is 2.73 bits per heavy atom. The molecular weight excluding hydrogens is 280 g/mol. The topological polar surface area (TPSA) is 59.9 Å². The van der Waals surface area contributed by atoms with E-state index in [9.17, 15) is 4.79 Å². The second-order valence-corrected chi connectivity index (χ2v) is 5.51. The molecule has 0 aliphatic heterocycles. The van der Waals surface area contributed by atoms with Gasteiger partial charge in [0.15, 0.2) is 6.61 Å². The fraction of sp³-hybridized carbons (Fsp3) is 0.529. The highest BCUT2D eigenvalue weighted by atomic mass is 16.6. The largest absolute Gasteiger partial charge is 0.496 e. The van der Waals surface area contributed by atoms with Crippen LogP contribution in [0.25, 0.3) is 0 Å². The summed E-state index contributed by atoms with van der Waals surface area (Å²) in [6, 6.07) is 7.79. The number of nitrogens with one attached hydrogen (secondary N) is 1. The first-order valence-corrected chi connectivity index (χ1v) is 7.87. The van der Waals surface area contributed by atoms with Crippen molar-refractivity contribution in [2.45, 2.75) is 44.6 Å². The fourth-order valence-electron chi connectivity index (χ4n) is 2.66. The maximum atomic E-state index is 11.8. The Kier molecular flexibility index (Phi) is 6.74. The molecule has 1 fully saturated rings. The molecule has 1 aliphatic carbocycles. The van der Waals surface area contributed by atoms with Crippen molar-refractivity contribution in [3.05, 3.63) is 29.8 Å². The molecule has 0 atom stereocenters. The van der Waals surface area contributed by atoms with Gasteiger partial charge >= 0.3 is 0 Å². The molecule has 5 nitrogen and oxygen atoms in total. The fourth-order valence-corrected chi connectivity index (χ4v) is 2.66. The number of carbonyl (C=O) groups is 1. The molecule has 0 spiro atoms. The third-order valence-electron chi connectivity index (χ3n) is 3.82. The van der Waals surface area contributed by atoms with Crippen LogP contribution < -0.4 is 10.1 Å². The van der Waals surface area contributed by atoms with E-state index in [1.54, 1.807) is 13.3 Å². The van der Waals surface area contributed by atoms with Gasteiger partial charge in [0.05, 0.1) is 13.3 Å². The van der Waals surface area contributed by atoms with E-state index in [2.05, 4.69) is 10.5 Å². The zero-order valence-electron chi connectivity index (χ0n) is 13.1. The number of ether oxygens (including phenoxy) is 1. The van der Waals surface area contributed by atoms with Crippen LogP contribution in [0.4, 0.5) is 0 Å². The number of hydrogen-bond acceptors (Lipinski definition) is 4. The molecule has 1 aromatic rings. The SMILES string of the molecule is COc1ccccc1C=NOCC(=O)NC1CCCCCC1. The van der Waals surface area contributed by atoms with Crippen molar-refractivity contribution in [3.63, 3.8) is 0 Å². The van der Waals surface area contributed by atoms with Crippen LogP contribution in [-0.4, -0.2) is 31.9 Å². The van der Waals surface area contributed by atoms with Gasteiger partial charge in [-0.1, -0.05) is 43.0 Å². The third-order valence-corrected chi connectivity index (χ3v) is 3.82. The summed E-state index contributed by atoms with van der Waals surface area (Å²) in [5, 5.41) is 6.85. The lowest BCUT2D eigenvalue weighted by atomic mass is 10.1. The van der Waals surface area contributed by atoms with E-state index in [0.717, 1.165) is 24.2 Å². The molecule has 0 bridgehead atoms. The molecule has 120 valence electrons. The smallest absolute Gasteiger partial charge is 0.260 e. The van der Waals surface area contributed by atoms with Gasteiger partial charge in [-0.25, -0.2) is 0 Å². The van der Waals surface area contributed by atoms with E-state index in [0.29, 0.717) is 0 Å². The Morgan fingerprint density at radius 1 is 1.27 bits per heavy atom. The summed E-state index contributed by atoms with van der Waals surface area (Å²) in [7, 11) is 1.60. The predicted octanol–water partition coefficient (Wildman–Crippen LogP) is 2.88. The number of amides is 1. The van der Waals surface area contributed by atoms with Gasteiger partial charge in [0.1, 0.15) is 5.75 Å². The van der Waals surface area contributed by atoms with Gasteiger partial charge in [-0.15, -0.1) is 0 Å². The second-order valence-electron chi connectivity index (χ2n) is 5.51. The number of benzene rings is 1. The van der Waals surface area contributed by atoms with Crippen LogP contribution in [0.1, 0.15) is 44.1 Å². The zero-order valence-corrected chi connectivity index (χ0v) is 13.1. The van der Waals surface area contributed by atoms with Crippen LogP contribution >= 0.6 is 0 Å². The molecule has 0 saturated heterocycles. The predicted molar refractivity (Wildman–Crippen MR) is 86.2 cm³/mol. The van der Waals surface area contributed by atoms with Crippen molar-refractivity contribution in [1.82, 2.24) is 5.32 Å². The number of rotatable bonds is 6. The molecule has 1 amide bonds. The number of oxime groups is 1. The van der Waals surface area contributed by atoms with E-state index in [1.165, 1.54) is 25.7 Å². The van der Waals surface area contributed by atoms with E-state index in [4.69, 9.17) is 9.57 Å². The maximum Gasteiger partial charge on any atom is 0.260 e. The lowest BCUT2D eigenvalue weighted by Crippen LogP contribution is -2.36. The number of hydrogen-bond donors (Lipinski definition) is 1. The highest BCUT2D eigenvalue weighted by Gasteiger charge is 2.14. The first-order valence-electron chi connectivity index (χ1n) is 7.87. The van der Waals surface area contributed by atoms with Gasteiger partial charge in [0, 0.05) is 11.6 Å². The van der Waals surface area contributed by atoms with E-state index in [-0.39, 0.29) is 18.6 Å². The van der Waals surface area contributed by atoms with Crippen LogP contribution in [0.2, 0.25) is 0 Å². The summed E-state index contributed by atoms with van der Waals surface area (Å²) in [6.45, 7) is -0.0534. The normalized spacial score (nSPS) is 16.2. The van der Waals surface area contributed by atoms with Crippen LogP contribution in [0.15, 0.2) is 29.4 Å². The molecule has 1 saturated carbocycles. The van der Waals surface area contributed by atoms with Gasteiger partial charge in [-0.2, -0.15) is 0 Å². The molecule has 22 heavy (non-hydrogen) atoms. The average molecular weight is 304 g/mol. The maximum absolute atomic E-state index is 11.8. The minimum absolute atomic E-state index is 0.0534. The summed E-state index contributed by atoms with van der Waals surface area (Å²) >= 11 is 0. The standard InChI is InChI=1S/C17H24N2O3/c1-21-16-11-7-6-8-14(16)12-18-22-13-17(20)19-15-9-4-2-3-5-10-15/h6-8,11-12,15H,2-5,9-10,13H2,1H3,(H,19,20). The third kappa shape index (κ3) is 5.39. The molecule has 2 rings (SSSR count). The zero-order chi connectivity index (χ0) is 15.6. The molecule has 0 unspecified atom stereocenters. The summed E-state index contributed by atoms with van der Waals surface area (Å²) < 4.78 is 5.21. The van der Waals surface area contributed by atoms with Gasteiger partial charge in [0.2, 0.25) is 0 Å². The number of carbonyl (C=O) groups excluding carboxylic acids is 1. The highest BCUT2D eigenvalue weighted by Crippen LogP contribution is 2.17. The van der Waals surface area contributed by atoms with Gasteiger partial charge in [-0.05, 0) is 25.0 Å². The average Bonchev–Trinajstić information content (AvgIpc) is 2.80. The van der Waals surface area contributed by atoms with Crippen molar-refractivity contribution < 1.29 is 14.4 Å². The van der Waals surface area contributed by atoms with E-state index >= 15 is 0 Å². The first-order chi connectivity index (χ1) is 10.8. The van der Waals surface area contributed by atoms with Crippen LogP contribution in [0, 0.1) is 0 Å². The Hall–Kier alpha value is -2.04. The van der Waals surface area contributed by atoms with Crippen molar-refractivity contribution >= 4 is 12.1 Å². The van der Waals surface area contributed by atoms with Crippen LogP contribution in [-0.2, 0) is 9.63 Å². The number of nitrogens with zero attached hydrogens (tertiary/aromatic N) is 1. The van der Waals surface area contributed by atoms with Gasteiger partial charge in [0.25, 0.3) is 5.91 Å². The minimum Gasteiger partial charge on any atom is -0.496 e. The van der Waals surface area contributed by atoms with Crippen LogP contribution in [0.5, 0.6) is 5.75 Å². The molecule has 1 aliphatic rings. The molecule has 1 aromatic carbocycles. The molecule has 5 heteroatoms. The van der Waals surface area contributed by atoms with Crippen molar-refractivity contribution in [2.75, 3.05) is 13.7 Å². The van der Waals surface area contributed by atoms with E-state index < -0.39 is 0 Å². The summed E-state index contributed by atoms with van der Waals surface area (Å²) in [5.74, 6) is 0.613. The Balaban J connectivity index is 1.73. The second kappa shape index (κ2) is 9.07. The summed E-state index contributed by atoms with van der Waals surface area (Å²) in [4.78, 5) is 16.9. The van der Waals surface area contributed by atoms with Gasteiger partial charge in [-0.3, -0.25) is 4.79 Å². The van der Waals surface area contributed by atoms with Crippen molar-refractivity contribution in [2.24, 2.45) is 5.16 Å². The lowest BCUT2D eigenvalue weighted by Gasteiger charge is -2.15. The number of methoxy groups -OCH3 is 1.